The zero-order valence-corrected chi connectivity index (χ0v) is 13.5. The van der Waals surface area contributed by atoms with Crippen molar-refractivity contribution in [2.75, 3.05) is 0 Å². The second-order valence-corrected chi connectivity index (χ2v) is 6.50. The van der Waals surface area contributed by atoms with Crippen LogP contribution in [0.2, 0.25) is 5.15 Å². The molecule has 1 aromatic carbocycles. The summed E-state index contributed by atoms with van der Waals surface area (Å²) in [7, 11) is 0. The van der Waals surface area contributed by atoms with E-state index < -0.39 is 0 Å². The Hall–Kier alpha value is -1.10. The molecular formula is C15H10BrClN2S. The molecule has 2 nitrogen and oxygen atoms in total. The van der Waals surface area contributed by atoms with E-state index in [4.69, 9.17) is 11.6 Å². The molecule has 0 saturated heterocycles. The van der Waals surface area contributed by atoms with Crippen molar-refractivity contribution in [3.8, 4) is 0 Å². The van der Waals surface area contributed by atoms with Crippen LogP contribution in [0.1, 0.15) is 5.56 Å². The van der Waals surface area contributed by atoms with Gasteiger partial charge in [-0.1, -0.05) is 29.8 Å². The monoisotopic (exact) mass is 364 g/mol. The Morgan fingerprint density at radius 3 is 2.80 bits per heavy atom. The molecule has 0 bridgehead atoms. The van der Waals surface area contributed by atoms with Crippen molar-refractivity contribution in [3.63, 3.8) is 0 Å². The summed E-state index contributed by atoms with van der Waals surface area (Å²) in [5.41, 5.74) is 1.95. The molecule has 0 aliphatic carbocycles. The number of hydrogen-bond acceptors (Lipinski definition) is 3. The Balaban J connectivity index is 1.83. The predicted octanol–water partition coefficient (Wildman–Crippen LogP) is 5.34. The van der Waals surface area contributed by atoms with Crippen molar-refractivity contribution in [2.45, 2.75) is 10.8 Å². The number of nitrogens with zero attached hydrogens (tertiary/aromatic N) is 2. The smallest absolute Gasteiger partial charge is 0.133 e. The highest BCUT2D eigenvalue weighted by Gasteiger charge is 2.06. The number of thioether (sulfide) groups is 1. The van der Waals surface area contributed by atoms with Crippen molar-refractivity contribution < 1.29 is 0 Å². The summed E-state index contributed by atoms with van der Waals surface area (Å²) in [6.07, 6.45) is 1.79. The molecule has 100 valence electrons. The van der Waals surface area contributed by atoms with E-state index in [-0.39, 0.29) is 0 Å². The lowest BCUT2D eigenvalue weighted by molar-refractivity contribution is 1.12. The minimum atomic E-state index is 0.563. The van der Waals surface area contributed by atoms with Crippen LogP contribution in [-0.2, 0) is 5.75 Å². The molecule has 0 saturated carbocycles. The second-order valence-electron chi connectivity index (χ2n) is 4.23. The van der Waals surface area contributed by atoms with E-state index in [2.05, 4.69) is 32.0 Å². The van der Waals surface area contributed by atoms with Crippen LogP contribution in [0.15, 0.2) is 58.2 Å². The summed E-state index contributed by atoms with van der Waals surface area (Å²) in [6, 6.07) is 14.0. The third kappa shape index (κ3) is 3.14. The maximum atomic E-state index is 6.24. The average molecular weight is 366 g/mol. The molecule has 5 heteroatoms. The Kier molecular flexibility index (Phi) is 4.24. The Labute approximate surface area is 134 Å². The summed E-state index contributed by atoms with van der Waals surface area (Å²) in [4.78, 5) is 8.76. The molecule has 0 spiro atoms. The highest BCUT2D eigenvalue weighted by molar-refractivity contribution is 9.10. The van der Waals surface area contributed by atoms with E-state index >= 15 is 0 Å². The highest BCUT2D eigenvalue weighted by atomic mass is 79.9. The summed E-state index contributed by atoms with van der Waals surface area (Å²) in [5.74, 6) is 0.755. The third-order valence-corrected chi connectivity index (χ3v) is 4.61. The summed E-state index contributed by atoms with van der Waals surface area (Å²) >= 11 is 11.3. The molecule has 0 aliphatic rings. The molecule has 0 unspecified atom stereocenters. The van der Waals surface area contributed by atoms with Gasteiger partial charge in [-0.25, -0.2) is 9.97 Å². The fraction of sp³-hybridized carbons (Fsp3) is 0.0667. The summed E-state index contributed by atoms with van der Waals surface area (Å²) in [5, 5.41) is 2.64. The lowest BCUT2D eigenvalue weighted by Crippen LogP contribution is -1.89. The summed E-state index contributed by atoms with van der Waals surface area (Å²) < 4.78 is 0.979. The van der Waals surface area contributed by atoms with Gasteiger partial charge in [-0.3, -0.25) is 0 Å². The van der Waals surface area contributed by atoms with Gasteiger partial charge < -0.3 is 0 Å². The first-order valence-electron chi connectivity index (χ1n) is 6.01. The number of rotatable bonds is 3. The minimum absolute atomic E-state index is 0.563. The van der Waals surface area contributed by atoms with Gasteiger partial charge in [0, 0.05) is 27.4 Å². The van der Waals surface area contributed by atoms with Gasteiger partial charge in [0.1, 0.15) is 5.15 Å². The van der Waals surface area contributed by atoms with E-state index in [1.54, 1.807) is 18.0 Å². The Morgan fingerprint density at radius 1 is 1.15 bits per heavy atom. The van der Waals surface area contributed by atoms with Crippen LogP contribution in [0.3, 0.4) is 0 Å². The SMILES string of the molecule is Clc1nc2ccccc2cc1CSc1ccc(Br)cn1. The molecule has 2 heterocycles. The normalized spacial score (nSPS) is 10.9. The van der Waals surface area contributed by atoms with E-state index in [0.29, 0.717) is 5.15 Å². The molecule has 0 amide bonds. The molecule has 2 aromatic heterocycles. The van der Waals surface area contributed by atoms with Gasteiger partial charge in [0.05, 0.1) is 10.5 Å². The van der Waals surface area contributed by atoms with Gasteiger partial charge in [0.25, 0.3) is 0 Å². The molecule has 0 N–H and O–H groups in total. The Bertz CT molecular complexity index is 746. The molecular weight excluding hydrogens is 356 g/mol. The lowest BCUT2D eigenvalue weighted by Gasteiger charge is -2.06. The summed E-state index contributed by atoms with van der Waals surface area (Å²) in [6.45, 7) is 0. The molecule has 3 aromatic rings. The van der Waals surface area contributed by atoms with Crippen LogP contribution in [0.4, 0.5) is 0 Å². The lowest BCUT2D eigenvalue weighted by atomic mass is 10.2. The minimum Gasteiger partial charge on any atom is -0.249 e. The topological polar surface area (TPSA) is 25.8 Å². The van der Waals surface area contributed by atoms with Gasteiger partial charge in [-0.2, -0.15) is 0 Å². The van der Waals surface area contributed by atoms with E-state index in [1.165, 1.54) is 0 Å². The highest BCUT2D eigenvalue weighted by Crippen LogP contribution is 2.27. The fourth-order valence-electron chi connectivity index (χ4n) is 1.84. The van der Waals surface area contributed by atoms with E-state index in [0.717, 1.165) is 31.7 Å². The number of halogens is 2. The molecule has 0 radical (unpaired) electrons. The maximum Gasteiger partial charge on any atom is 0.133 e. The van der Waals surface area contributed by atoms with Gasteiger partial charge in [-0.15, -0.1) is 11.8 Å². The van der Waals surface area contributed by atoms with Gasteiger partial charge in [-0.05, 0) is 40.2 Å². The van der Waals surface area contributed by atoms with E-state index in [1.807, 2.05) is 36.4 Å². The first-order valence-corrected chi connectivity index (χ1v) is 8.16. The van der Waals surface area contributed by atoms with Crippen molar-refractivity contribution >= 4 is 50.2 Å². The van der Waals surface area contributed by atoms with Gasteiger partial charge in [0.15, 0.2) is 0 Å². The molecule has 3 rings (SSSR count). The van der Waals surface area contributed by atoms with Crippen LogP contribution in [-0.4, -0.2) is 9.97 Å². The molecule has 0 aliphatic heterocycles. The number of fused-ring (bicyclic) bond motifs is 1. The number of hydrogen-bond donors (Lipinski definition) is 0. The number of para-hydroxylation sites is 1. The van der Waals surface area contributed by atoms with Crippen LogP contribution in [0, 0.1) is 0 Å². The number of aromatic nitrogens is 2. The van der Waals surface area contributed by atoms with Crippen LogP contribution in [0.25, 0.3) is 10.9 Å². The quantitative estimate of drug-likeness (QED) is 0.463. The van der Waals surface area contributed by atoms with E-state index in [9.17, 15) is 0 Å². The zero-order chi connectivity index (χ0) is 13.9. The van der Waals surface area contributed by atoms with Crippen LogP contribution < -0.4 is 0 Å². The zero-order valence-electron chi connectivity index (χ0n) is 10.4. The van der Waals surface area contributed by atoms with Crippen LogP contribution >= 0.6 is 39.3 Å². The largest absolute Gasteiger partial charge is 0.249 e. The third-order valence-electron chi connectivity index (χ3n) is 2.83. The Morgan fingerprint density at radius 2 is 2.00 bits per heavy atom. The van der Waals surface area contributed by atoms with Crippen molar-refractivity contribution in [2.24, 2.45) is 0 Å². The number of benzene rings is 1. The number of pyridine rings is 2. The average Bonchev–Trinajstić information content (AvgIpc) is 2.47. The molecule has 20 heavy (non-hydrogen) atoms. The molecule has 0 fully saturated rings. The maximum absolute atomic E-state index is 6.24. The van der Waals surface area contributed by atoms with Gasteiger partial charge in [0.2, 0.25) is 0 Å². The first kappa shape index (κ1) is 13.9. The van der Waals surface area contributed by atoms with Crippen molar-refractivity contribution in [1.29, 1.82) is 0 Å². The van der Waals surface area contributed by atoms with Crippen molar-refractivity contribution in [3.05, 3.63) is 63.9 Å². The molecule has 0 atom stereocenters. The van der Waals surface area contributed by atoms with Crippen molar-refractivity contribution in [1.82, 2.24) is 9.97 Å². The first-order chi connectivity index (χ1) is 9.72. The fourth-order valence-corrected chi connectivity index (χ4v) is 3.18. The van der Waals surface area contributed by atoms with Crippen LogP contribution in [0.5, 0.6) is 0 Å². The predicted molar refractivity (Wildman–Crippen MR) is 88.3 cm³/mol. The van der Waals surface area contributed by atoms with Gasteiger partial charge >= 0.3 is 0 Å². The standard InChI is InChI=1S/C15H10BrClN2S/c16-12-5-6-14(18-8-12)20-9-11-7-10-3-1-2-4-13(10)19-15(11)17/h1-8H,9H2. The second kappa shape index (κ2) is 6.12.